The normalized spacial score (nSPS) is 17.5. The molecule has 0 spiro atoms. The Bertz CT molecular complexity index is 1050. The number of anilines is 1. The second-order valence-corrected chi connectivity index (χ2v) is 8.24. The third-order valence-electron chi connectivity index (χ3n) is 5.68. The minimum absolute atomic E-state index is 0.231. The number of nitrogens with one attached hydrogen (secondary N) is 1. The van der Waals surface area contributed by atoms with Gasteiger partial charge in [0.2, 0.25) is 11.9 Å². The van der Waals surface area contributed by atoms with Crippen molar-refractivity contribution in [2.24, 2.45) is 0 Å². The van der Waals surface area contributed by atoms with E-state index in [1.54, 1.807) is 42.5 Å². The van der Waals surface area contributed by atoms with Gasteiger partial charge >= 0.3 is 0 Å². The molecule has 1 aliphatic rings. The van der Waals surface area contributed by atoms with Gasteiger partial charge in [0.1, 0.15) is 22.9 Å². The van der Waals surface area contributed by atoms with Crippen molar-refractivity contribution in [2.75, 3.05) is 12.0 Å². The number of rotatable bonds is 6. The molecule has 2 N–H and O–H groups in total. The average molecular weight is 417 g/mol. The van der Waals surface area contributed by atoms with Crippen molar-refractivity contribution in [1.82, 2.24) is 14.5 Å². The van der Waals surface area contributed by atoms with E-state index in [0.29, 0.717) is 27.8 Å². The fourth-order valence-electron chi connectivity index (χ4n) is 3.85. The summed E-state index contributed by atoms with van der Waals surface area (Å²) >= 11 is 6.08. The standard InChI is InChI=1S/C21H22ClFN4O2/c1-20(10-5-11-20)27-18-15(8-9-16(22)25-18)24-19(27)26-17(28)12-21(29,13-23)14-6-3-2-4-7-14/h2-4,6-9,29H,5,10-13H2,1H3,(H,24,26,28). The molecule has 1 unspecified atom stereocenters. The zero-order chi connectivity index (χ0) is 20.6. The monoisotopic (exact) mass is 416 g/mol. The molecule has 1 atom stereocenters. The van der Waals surface area contributed by atoms with Crippen LogP contribution in [-0.2, 0) is 15.9 Å². The van der Waals surface area contributed by atoms with Crippen LogP contribution < -0.4 is 5.32 Å². The highest BCUT2D eigenvalue weighted by molar-refractivity contribution is 6.29. The number of aliphatic hydroxyl groups is 1. The number of benzene rings is 1. The van der Waals surface area contributed by atoms with Crippen LogP contribution in [0.5, 0.6) is 0 Å². The number of alkyl halides is 1. The van der Waals surface area contributed by atoms with Gasteiger partial charge in [0.05, 0.1) is 6.42 Å². The first kappa shape index (κ1) is 19.8. The van der Waals surface area contributed by atoms with Gasteiger partial charge in [-0.25, -0.2) is 14.4 Å². The summed E-state index contributed by atoms with van der Waals surface area (Å²) in [6, 6.07) is 11.8. The van der Waals surface area contributed by atoms with E-state index in [9.17, 15) is 14.3 Å². The van der Waals surface area contributed by atoms with Gasteiger partial charge in [-0.05, 0) is 43.9 Å². The number of carbonyl (C=O) groups is 1. The number of carbonyl (C=O) groups excluding carboxylic acids is 1. The van der Waals surface area contributed by atoms with E-state index in [-0.39, 0.29) is 5.54 Å². The first-order valence-corrected chi connectivity index (χ1v) is 9.92. The maximum Gasteiger partial charge on any atom is 0.230 e. The molecule has 0 saturated heterocycles. The van der Waals surface area contributed by atoms with E-state index in [0.717, 1.165) is 19.3 Å². The molecule has 3 aromatic rings. The second kappa shape index (κ2) is 7.39. The summed E-state index contributed by atoms with van der Waals surface area (Å²) < 4.78 is 15.6. The van der Waals surface area contributed by atoms with Gasteiger partial charge in [0.15, 0.2) is 5.65 Å². The van der Waals surface area contributed by atoms with Gasteiger partial charge in [-0.1, -0.05) is 41.9 Å². The highest BCUT2D eigenvalue weighted by atomic mass is 35.5. The van der Waals surface area contributed by atoms with Gasteiger partial charge in [-0.2, -0.15) is 0 Å². The molecule has 1 saturated carbocycles. The maximum atomic E-state index is 13.7. The van der Waals surface area contributed by atoms with Crippen molar-refractivity contribution in [2.45, 2.75) is 43.7 Å². The van der Waals surface area contributed by atoms with Crippen LogP contribution in [0.1, 0.15) is 38.2 Å². The molecule has 1 amide bonds. The number of aromatic nitrogens is 3. The van der Waals surface area contributed by atoms with E-state index < -0.39 is 24.6 Å². The van der Waals surface area contributed by atoms with Crippen molar-refractivity contribution in [3.8, 4) is 0 Å². The summed E-state index contributed by atoms with van der Waals surface area (Å²) in [4.78, 5) is 21.7. The minimum atomic E-state index is -1.90. The molecule has 1 aliphatic carbocycles. The fraction of sp³-hybridized carbons (Fsp3) is 0.381. The van der Waals surface area contributed by atoms with E-state index in [4.69, 9.17) is 11.6 Å². The topological polar surface area (TPSA) is 80.0 Å². The number of pyridine rings is 1. The van der Waals surface area contributed by atoms with Crippen molar-refractivity contribution < 1.29 is 14.3 Å². The molecular formula is C21H22ClFN4O2. The summed E-state index contributed by atoms with van der Waals surface area (Å²) in [7, 11) is 0. The lowest BCUT2D eigenvalue weighted by Crippen LogP contribution is -2.39. The summed E-state index contributed by atoms with van der Waals surface area (Å²) in [5, 5.41) is 13.8. The van der Waals surface area contributed by atoms with Crippen molar-refractivity contribution in [1.29, 1.82) is 0 Å². The Morgan fingerprint density at radius 1 is 1.28 bits per heavy atom. The molecule has 29 heavy (non-hydrogen) atoms. The zero-order valence-electron chi connectivity index (χ0n) is 16.0. The van der Waals surface area contributed by atoms with Crippen LogP contribution in [0.2, 0.25) is 5.15 Å². The van der Waals surface area contributed by atoms with Gasteiger partial charge in [0.25, 0.3) is 0 Å². The Morgan fingerprint density at radius 2 is 2.00 bits per heavy atom. The lowest BCUT2D eigenvalue weighted by molar-refractivity contribution is -0.122. The summed E-state index contributed by atoms with van der Waals surface area (Å²) in [5.41, 5.74) is -0.569. The molecule has 0 aliphatic heterocycles. The smallest absolute Gasteiger partial charge is 0.230 e. The van der Waals surface area contributed by atoms with E-state index in [1.165, 1.54) is 0 Å². The van der Waals surface area contributed by atoms with Crippen molar-refractivity contribution in [3.63, 3.8) is 0 Å². The molecule has 8 heteroatoms. The average Bonchev–Trinajstić information content (AvgIpc) is 3.03. The van der Waals surface area contributed by atoms with Crippen LogP contribution in [0.4, 0.5) is 10.3 Å². The predicted octanol–water partition coefficient (Wildman–Crippen LogP) is 4.17. The molecule has 4 rings (SSSR count). The summed E-state index contributed by atoms with van der Waals surface area (Å²) in [6.45, 7) is 1.01. The predicted molar refractivity (Wildman–Crippen MR) is 110 cm³/mol. The van der Waals surface area contributed by atoms with Crippen LogP contribution in [-0.4, -0.2) is 32.2 Å². The fourth-order valence-corrected chi connectivity index (χ4v) is 3.99. The van der Waals surface area contributed by atoms with Crippen LogP contribution >= 0.6 is 11.6 Å². The third kappa shape index (κ3) is 3.60. The first-order chi connectivity index (χ1) is 13.8. The number of fused-ring (bicyclic) bond motifs is 1. The SMILES string of the molecule is CC1(n2c(NC(=O)CC(O)(CF)c3ccccc3)nc3ccc(Cl)nc32)CCC1. The van der Waals surface area contributed by atoms with Gasteiger partial charge in [-0.15, -0.1) is 0 Å². The lowest BCUT2D eigenvalue weighted by atomic mass is 9.78. The van der Waals surface area contributed by atoms with Crippen molar-refractivity contribution in [3.05, 3.63) is 53.2 Å². The largest absolute Gasteiger partial charge is 0.382 e. The highest BCUT2D eigenvalue weighted by Crippen LogP contribution is 2.42. The van der Waals surface area contributed by atoms with Crippen LogP contribution in [0.25, 0.3) is 11.2 Å². The number of nitrogens with zero attached hydrogens (tertiary/aromatic N) is 3. The molecule has 2 heterocycles. The number of hydrogen-bond acceptors (Lipinski definition) is 4. The summed E-state index contributed by atoms with van der Waals surface area (Å²) in [6.07, 6.45) is 2.49. The molecular weight excluding hydrogens is 395 g/mol. The Morgan fingerprint density at radius 3 is 2.62 bits per heavy atom. The zero-order valence-corrected chi connectivity index (χ0v) is 16.8. The highest BCUT2D eigenvalue weighted by Gasteiger charge is 2.38. The quantitative estimate of drug-likeness (QED) is 0.591. The van der Waals surface area contributed by atoms with Gasteiger partial charge < -0.3 is 5.11 Å². The number of imidazole rings is 1. The lowest BCUT2D eigenvalue weighted by Gasteiger charge is -2.40. The minimum Gasteiger partial charge on any atom is -0.382 e. The van der Waals surface area contributed by atoms with E-state index in [2.05, 4.69) is 22.2 Å². The number of hydrogen-bond donors (Lipinski definition) is 2. The van der Waals surface area contributed by atoms with Gasteiger partial charge in [-0.3, -0.25) is 14.7 Å². The number of halogens is 2. The van der Waals surface area contributed by atoms with Crippen LogP contribution in [0.15, 0.2) is 42.5 Å². The molecule has 2 aromatic heterocycles. The Balaban J connectivity index is 1.65. The van der Waals surface area contributed by atoms with Crippen LogP contribution in [0.3, 0.4) is 0 Å². The molecule has 6 nitrogen and oxygen atoms in total. The molecule has 1 fully saturated rings. The summed E-state index contributed by atoms with van der Waals surface area (Å²) in [5.74, 6) is -0.198. The Kier molecular flexibility index (Phi) is 5.04. The maximum absolute atomic E-state index is 13.7. The van der Waals surface area contributed by atoms with Crippen LogP contribution in [0, 0.1) is 0 Å². The van der Waals surface area contributed by atoms with Crippen molar-refractivity contribution >= 4 is 34.6 Å². The molecule has 1 aromatic carbocycles. The second-order valence-electron chi connectivity index (χ2n) is 7.85. The molecule has 0 bridgehead atoms. The Hall–Kier alpha value is -2.51. The third-order valence-corrected chi connectivity index (χ3v) is 5.89. The number of amides is 1. The van der Waals surface area contributed by atoms with E-state index in [1.807, 2.05) is 4.57 Å². The molecule has 152 valence electrons. The van der Waals surface area contributed by atoms with Gasteiger partial charge in [0, 0.05) is 5.54 Å². The first-order valence-electron chi connectivity index (χ1n) is 9.54. The molecule has 0 radical (unpaired) electrons. The van der Waals surface area contributed by atoms with E-state index >= 15 is 0 Å². The Labute approximate surface area is 172 Å².